The Bertz CT molecular complexity index is 1040. The third-order valence-corrected chi connectivity index (χ3v) is 5.06. The number of aryl methyl sites for hydroxylation is 1. The van der Waals surface area contributed by atoms with E-state index < -0.39 is 5.82 Å². The number of hydrogen-bond donors (Lipinski definition) is 1. The van der Waals surface area contributed by atoms with Gasteiger partial charge in [0, 0.05) is 31.0 Å². The van der Waals surface area contributed by atoms with Gasteiger partial charge in [-0.2, -0.15) is 4.98 Å². The molecule has 3 aromatic rings. The topological polar surface area (TPSA) is 93.4 Å². The molecule has 30 heavy (non-hydrogen) atoms. The number of nitrogens with zero attached hydrogens (tertiary/aromatic N) is 4. The van der Waals surface area contributed by atoms with Crippen LogP contribution in [0.25, 0.3) is 11.5 Å². The number of aromatic nitrogens is 3. The largest absolute Gasteiger partial charge is 0.494 e. The Morgan fingerprint density at radius 3 is 2.87 bits per heavy atom. The molecular formula is C21H22FN5O3. The summed E-state index contributed by atoms with van der Waals surface area (Å²) in [6.07, 6.45) is 3.31. The number of hydrogen-bond acceptors (Lipinski definition) is 7. The average molecular weight is 411 g/mol. The Balaban J connectivity index is 1.41. The quantitative estimate of drug-likeness (QED) is 0.687. The van der Waals surface area contributed by atoms with Gasteiger partial charge in [0.25, 0.3) is 5.89 Å². The molecule has 0 saturated carbocycles. The summed E-state index contributed by atoms with van der Waals surface area (Å²) in [5.74, 6) is 1.04. The molecule has 4 rings (SSSR count). The van der Waals surface area contributed by atoms with Gasteiger partial charge in [-0.1, -0.05) is 5.16 Å². The van der Waals surface area contributed by atoms with Crippen LogP contribution in [0.5, 0.6) is 5.75 Å². The maximum absolute atomic E-state index is 13.9. The van der Waals surface area contributed by atoms with E-state index in [2.05, 4.69) is 25.3 Å². The molecule has 156 valence electrons. The van der Waals surface area contributed by atoms with Gasteiger partial charge in [0.05, 0.1) is 18.6 Å². The zero-order chi connectivity index (χ0) is 21.1. The highest BCUT2D eigenvalue weighted by Crippen LogP contribution is 2.26. The molecule has 1 aromatic carbocycles. The highest BCUT2D eigenvalue weighted by molar-refractivity contribution is 5.93. The van der Waals surface area contributed by atoms with E-state index in [0.717, 1.165) is 30.8 Å². The Labute approximate surface area is 173 Å². The second kappa shape index (κ2) is 8.48. The first-order valence-corrected chi connectivity index (χ1v) is 9.69. The van der Waals surface area contributed by atoms with E-state index in [1.807, 2.05) is 12.1 Å². The van der Waals surface area contributed by atoms with E-state index in [9.17, 15) is 9.18 Å². The summed E-state index contributed by atoms with van der Waals surface area (Å²) in [6.45, 7) is 3.11. The van der Waals surface area contributed by atoms with E-state index in [4.69, 9.17) is 9.26 Å². The minimum atomic E-state index is -0.513. The molecule has 0 aliphatic carbocycles. The molecule has 9 heteroatoms. The van der Waals surface area contributed by atoms with Crippen LogP contribution < -0.4 is 15.0 Å². The highest BCUT2D eigenvalue weighted by atomic mass is 19.1. The number of benzene rings is 1. The molecule has 8 nitrogen and oxygen atoms in total. The molecular weight excluding hydrogens is 389 g/mol. The van der Waals surface area contributed by atoms with Crippen molar-refractivity contribution in [2.45, 2.75) is 19.8 Å². The summed E-state index contributed by atoms with van der Waals surface area (Å²) in [5, 5.41) is 6.58. The number of piperidine rings is 1. The Kier molecular flexibility index (Phi) is 5.60. The molecule has 0 unspecified atom stereocenters. The predicted molar refractivity (Wildman–Crippen MR) is 109 cm³/mol. The first-order valence-electron chi connectivity index (χ1n) is 9.69. The van der Waals surface area contributed by atoms with E-state index in [1.54, 1.807) is 19.2 Å². The van der Waals surface area contributed by atoms with Gasteiger partial charge < -0.3 is 19.5 Å². The number of pyridine rings is 1. The molecule has 1 fully saturated rings. The number of carbonyl (C=O) groups is 1. The van der Waals surface area contributed by atoms with Crippen LogP contribution in [-0.2, 0) is 4.79 Å². The van der Waals surface area contributed by atoms with E-state index in [-0.39, 0.29) is 17.6 Å². The normalized spacial score (nSPS) is 16.4. The SMILES string of the molecule is COc1ccc(NC(=O)[C@H]2CCCN(c3ccc(-c4nc(C)no4)cn3)C2)cc1F. The lowest BCUT2D eigenvalue weighted by Crippen LogP contribution is -2.41. The third-order valence-electron chi connectivity index (χ3n) is 5.06. The predicted octanol–water partition coefficient (Wildman–Crippen LogP) is 3.44. The summed E-state index contributed by atoms with van der Waals surface area (Å²) in [7, 11) is 1.40. The van der Waals surface area contributed by atoms with Crippen molar-refractivity contribution in [3.8, 4) is 17.2 Å². The van der Waals surface area contributed by atoms with Crippen molar-refractivity contribution in [3.05, 3.63) is 48.2 Å². The Morgan fingerprint density at radius 2 is 2.20 bits per heavy atom. The van der Waals surface area contributed by atoms with Gasteiger partial charge in [0.1, 0.15) is 5.82 Å². The monoisotopic (exact) mass is 411 g/mol. The highest BCUT2D eigenvalue weighted by Gasteiger charge is 2.27. The molecule has 2 aromatic heterocycles. The number of methoxy groups -OCH3 is 1. The number of halogens is 1. The number of amides is 1. The molecule has 1 amide bonds. The minimum Gasteiger partial charge on any atom is -0.494 e. The van der Waals surface area contributed by atoms with E-state index in [1.165, 1.54) is 19.2 Å². The van der Waals surface area contributed by atoms with Crippen LogP contribution in [-0.4, -0.2) is 41.2 Å². The lowest BCUT2D eigenvalue weighted by atomic mass is 9.97. The number of anilines is 2. The second-order valence-electron chi connectivity index (χ2n) is 7.18. The number of ether oxygens (including phenoxy) is 1. The maximum Gasteiger partial charge on any atom is 0.259 e. The van der Waals surface area contributed by atoms with Gasteiger partial charge in [-0.3, -0.25) is 4.79 Å². The molecule has 0 bridgehead atoms. The fraction of sp³-hybridized carbons (Fsp3) is 0.333. The fourth-order valence-electron chi connectivity index (χ4n) is 3.50. The van der Waals surface area contributed by atoms with Gasteiger partial charge in [-0.25, -0.2) is 9.37 Å². The van der Waals surface area contributed by atoms with Crippen molar-refractivity contribution in [2.75, 3.05) is 30.4 Å². The Morgan fingerprint density at radius 1 is 1.33 bits per heavy atom. The molecule has 0 radical (unpaired) electrons. The first-order chi connectivity index (χ1) is 14.5. The molecule has 1 aliphatic heterocycles. The van der Waals surface area contributed by atoms with Crippen molar-refractivity contribution >= 4 is 17.4 Å². The standard InChI is InChI=1S/C21H22FN5O3/c1-13-24-21(30-26-13)14-5-8-19(23-11-14)27-9-3-4-15(12-27)20(28)25-16-6-7-18(29-2)17(22)10-16/h5-8,10-11,15H,3-4,9,12H2,1-2H3,(H,25,28)/t15-/m0/s1. The van der Waals surface area contributed by atoms with Gasteiger partial charge in [-0.05, 0) is 44.0 Å². The number of nitrogens with one attached hydrogen (secondary N) is 1. The van der Waals surface area contributed by atoms with Gasteiger partial charge >= 0.3 is 0 Å². The van der Waals surface area contributed by atoms with E-state index >= 15 is 0 Å². The molecule has 0 spiro atoms. The zero-order valence-corrected chi connectivity index (χ0v) is 16.8. The summed E-state index contributed by atoms with van der Waals surface area (Å²) >= 11 is 0. The lowest BCUT2D eigenvalue weighted by molar-refractivity contribution is -0.120. The zero-order valence-electron chi connectivity index (χ0n) is 16.8. The van der Waals surface area contributed by atoms with Crippen LogP contribution in [0, 0.1) is 18.7 Å². The van der Waals surface area contributed by atoms with Gasteiger partial charge in [0.2, 0.25) is 5.91 Å². The van der Waals surface area contributed by atoms with Crippen LogP contribution >= 0.6 is 0 Å². The van der Waals surface area contributed by atoms with E-state index in [0.29, 0.717) is 23.9 Å². The van der Waals surface area contributed by atoms with Crippen LogP contribution in [0.15, 0.2) is 41.1 Å². The molecule has 1 saturated heterocycles. The molecule has 1 N–H and O–H groups in total. The van der Waals surface area contributed by atoms with Crippen molar-refractivity contribution < 1.29 is 18.4 Å². The summed E-state index contributed by atoms with van der Waals surface area (Å²) in [4.78, 5) is 23.5. The van der Waals surface area contributed by atoms with Crippen molar-refractivity contribution in [2.24, 2.45) is 5.92 Å². The van der Waals surface area contributed by atoms with Crippen LogP contribution in [0.1, 0.15) is 18.7 Å². The molecule has 1 aliphatic rings. The fourth-order valence-corrected chi connectivity index (χ4v) is 3.50. The maximum atomic E-state index is 13.9. The molecule has 3 heterocycles. The van der Waals surface area contributed by atoms with Crippen molar-refractivity contribution in [3.63, 3.8) is 0 Å². The van der Waals surface area contributed by atoms with Crippen LogP contribution in [0.4, 0.5) is 15.9 Å². The summed E-state index contributed by atoms with van der Waals surface area (Å²) in [6, 6.07) is 8.14. The first kappa shape index (κ1) is 19.8. The summed E-state index contributed by atoms with van der Waals surface area (Å²) in [5.41, 5.74) is 1.15. The molecule has 1 atom stereocenters. The average Bonchev–Trinajstić information content (AvgIpc) is 3.20. The van der Waals surface area contributed by atoms with Crippen molar-refractivity contribution in [1.82, 2.24) is 15.1 Å². The van der Waals surface area contributed by atoms with Crippen LogP contribution in [0.2, 0.25) is 0 Å². The second-order valence-corrected chi connectivity index (χ2v) is 7.18. The summed E-state index contributed by atoms with van der Waals surface area (Å²) < 4.78 is 23.9. The smallest absolute Gasteiger partial charge is 0.259 e. The number of carbonyl (C=O) groups excluding carboxylic acids is 1. The number of rotatable bonds is 5. The minimum absolute atomic E-state index is 0.137. The van der Waals surface area contributed by atoms with Crippen LogP contribution in [0.3, 0.4) is 0 Å². The Hall–Kier alpha value is -3.49. The van der Waals surface area contributed by atoms with Gasteiger partial charge in [0.15, 0.2) is 17.4 Å². The van der Waals surface area contributed by atoms with Gasteiger partial charge in [-0.15, -0.1) is 0 Å². The van der Waals surface area contributed by atoms with Crippen molar-refractivity contribution in [1.29, 1.82) is 0 Å². The third kappa shape index (κ3) is 4.24. The lowest BCUT2D eigenvalue weighted by Gasteiger charge is -2.32.